The summed E-state index contributed by atoms with van der Waals surface area (Å²) < 4.78 is 36.6. The molecule has 0 unspecified atom stereocenters. The molecular formula is C16H18N4O4S. The number of nitrogens with zero attached hydrogens (tertiary/aromatic N) is 4. The minimum Gasteiger partial charge on any atom is -0.487 e. The highest BCUT2D eigenvalue weighted by molar-refractivity contribution is 7.90. The fourth-order valence-electron chi connectivity index (χ4n) is 2.28. The Bertz CT molecular complexity index is 906. The van der Waals surface area contributed by atoms with Crippen LogP contribution in [-0.2, 0) is 28.7 Å². The average Bonchev–Trinajstić information content (AvgIpc) is 3.27. The van der Waals surface area contributed by atoms with Crippen molar-refractivity contribution in [1.29, 1.82) is 0 Å². The Balaban J connectivity index is 1.60. The topological polar surface area (TPSA) is 100 Å². The minimum absolute atomic E-state index is 0.0141. The molecule has 0 aliphatic rings. The van der Waals surface area contributed by atoms with E-state index >= 15 is 0 Å². The SMILES string of the molecule is Cc1cc(OCc2cocn2)ccc1CS(=O)(=O)CCn1ccnn1. The average molecular weight is 362 g/mol. The van der Waals surface area contributed by atoms with Crippen molar-refractivity contribution in [3.05, 3.63) is 60.1 Å². The van der Waals surface area contributed by atoms with Gasteiger partial charge in [-0.15, -0.1) is 5.10 Å². The fraction of sp³-hybridized carbons (Fsp3) is 0.312. The second kappa shape index (κ2) is 7.47. The summed E-state index contributed by atoms with van der Waals surface area (Å²) in [7, 11) is -3.25. The van der Waals surface area contributed by atoms with Crippen LogP contribution in [0.15, 0.2) is 47.7 Å². The molecule has 2 aromatic heterocycles. The summed E-state index contributed by atoms with van der Waals surface area (Å²) in [5.41, 5.74) is 2.31. The Morgan fingerprint density at radius 2 is 2.20 bits per heavy atom. The zero-order valence-corrected chi connectivity index (χ0v) is 14.5. The van der Waals surface area contributed by atoms with E-state index in [1.54, 1.807) is 18.3 Å². The molecule has 0 saturated carbocycles. The van der Waals surface area contributed by atoms with Gasteiger partial charge >= 0.3 is 0 Å². The predicted octanol–water partition coefficient (Wildman–Crippen LogP) is 1.77. The van der Waals surface area contributed by atoms with E-state index in [9.17, 15) is 8.42 Å². The molecule has 8 nitrogen and oxygen atoms in total. The predicted molar refractivity (Wildman–Crippen MR) is 89.5 cm³/mol. The first kappa shape index (κ1) is 17.2. The first-order valence-electron chi connectivity index (χ1n) is 7.66. The molecule has 9 heteroatoms. The van der Waals surface area contributed by atoms with Crippen LogP contribution < -0.4 is 4.74 Å². The summed E-state index contributed by atoms with van der Waals surface area (Å²) in [5.74, 6) is 0.654. The molecule has 0 radical (unpaired) electrons. The molecule has 25 heavy (non-hydrogen) atoms. The van der Waals surface area contributed by atoms with Crippen molar-refractivity contribution in [1.82, 2.24) is 20.0 Å². The van der Waals surface area contributed by atoms with E-state index in [0.29, 0.717) is 24.6 Å². The number of sulfone groups is 1. The standard InChI is InChI=1S/C16H18N4O4S/c1-13-8-16(24-10-15-9-23-12-17-15)3-2-14(13)11-25(21,22)7-6-20-5-4-18-19-20/h2-5,8-9,12H,6-7,10-11H2,1H3. The molecule has 0 bridgehead atoms. The molecule has 132 valence electrons. The molecule has 0 atom stereocenters. The highest BCUT2D eigenvalue weighted by Crippen LogP contribution is 2.20. The van der Waals surface area contributed by atoms with Crippen molar-refractivity contribution in [3.63, 3.8) is 0 Å². The Morgan fingerprint density at radius 1 is 1.32 bits per heavy atom. The van der Waals surface area contributed by atoms with E-state index < -0.39 is 9.84 Å². The van der Waals surface area contributed by atoms with Crippen LogP contribution in [0.3, 0.4) is 0 Å². The number of benzene rings is 1. The van der Waals surface area contributed by atoms with Crippen molar-refractivity contribution in [2.24, 2.45) is 0 Å². The normalized spacial score (nSPS) is 11.6. The molecule has 0 spiro atoms. The number of oxazole rings is 1. The van der Waals surface area contributed by atoms with E-state index in [0.717, 1.165) is 11.1 Å². The Morgan fingerprint density at radius 3 is 2.88 bits per heavy atom. The lowest BCUT2D eigenvalue weighted by atomic mass is 10.1. The number of aromatic nitrogens is 4. The summed E-state index contributed by atoms with van der Waals surface area (Å²) in [6, 6.07) is 5.36. The molecule has 2 heterocycles. The smallest absolute Gasteiger partial charge is 0.180 e. The summed E-state index contributed by atoms with van der Waals surface area (Å²) >= 11 is 0. The lowest BCUT2D eigenvalue weighted by Crippen LogP contribution is -2.15. The zero-order chi connectivity index (χ0) is 17.7. The quantitative estimate of drug-likeness (QED) is 0.602. The van der Waals surface area contributed by atoms with Gasteiger partial charge in [0, 0.05) is 6.20 Å². The van der Waals surface area contributed by atoms with Gasteiger partial charge in [0.15, 0.2) is 16.2 Å². The van der Waals surface area contributed by atoms with Crippen LogP contribution in [0, 0.1) is 6.92 Å². The summed E-state index contributed by atoms with van der Waals surface area (Å²) in [6.45, 7) is 2.46. The number of hydrogen-bond donors (Lipinski definition) is 0. The van der Waals surface area contributed by atoms with Gasteiger partial charge in [0.1, 0.15) is 24.3 Å². The van der Waals surface area contributed by atoms with Crippen LogP contribution in [0.4, 0.5) is 0 Å². The molecule has 0 aliphatic heterocycles. The van der Waals surface area contributed by atoms with Crippen molar-refractivity contribution in [2.45, 2.75) is 25.8 Å². The second-order valence-corrected chi connectivity index (χ2v) is 7.80. The van der Waals surface area contributed by atoms with Crippen LogP contribution in [0.25, 0.3) is 0 Å². The Labute approximate surface area is 145 Å². The first-order valence-corrected chi connectivity index (χ1v) is 9.48. The number of aryl methyl sites for hydroxylation is 2. The summed E-state index contributed by atoms with van der Waals surface area (Å²) in [6.07, 6.45) is 6.02. The second-order valence-electron chi connectivity index (χ2n) is 5.61. The highest BCUT2D eigenvalue weighted by atomic mass is 32.2. The molecule has 0 N–H and O–H groups in total. The highest BCUT2D eigenvalue weighted by Gasteiger charge is 2.14. The van der Waals surface area contributed by atoms with Crippen LogP contribution in [0.1, 0.15) is 16.8 Å². The Hall–Kier alpha value is -2.68. The van der Waals surface area contributed by atoms with Gasteiger partial charge in [0.25, 0.3) is 0 Å². The van der Waals surface area contributed by atoms with Crippen molar-refractivity contribution in [3.8, 4) is 5.75 Å². The number of rotatable bonds is 8. The monoisotopic (exact) mass is 362 g/mol. The van der Waals surface area contributed by atoms with Crippen LogP contribution in [0.5, 0.6) is 5.75 Å². The van der Waals surface area contributed by atoms with E-state index in [2.05, 4.69) is 15.3 Å². The van der Waals surface area contributed by atoms with Gasteiger partial charge < -0.3 is 9.15 Å². The maximum Gasteiger partial charge on any atom is 0.180 e. The van der Waals surface area contributed by atoms with Gasteiger partial charge in [-0.25, -0.2) is 13.4 Å². The third kappa shape index (κ3) is 4.90. The number of hydrogen-bond acceptors (Lipinski definition) is 7. The molecule has 0 amide bonds. The minimum atomic E-state index is -3.25. The number of ether oxygens (including phenoxy) is 1. The molecule has 1 aromatic carbocycles. The third-order valence-electron chi connectivity index (χ3n) is 3.66. The lowest BCUT2D eigenvalue weighted by molar-refractivity contribution is 0.300. The third-order valence-corrected chi connectivity index (χ3v) is 5.22. The van der Waals surface area contributed by atoms with Gasteiger partial charge in [-0.2, -0.15) is 0 Å². The molecule has 0 aliphatic carbocycles. The fourth-order valence-corrected chi connectivity index (χ4v) is 3.69. The van der Waals surface area contributed by atoms with Gasteiger partial charge in [0.2, 0.25) is 0 Å². The molecule has 0 saturated heterocycles. The van der Waals surface area contributed by atoms with Gasteiger partial charge in [-0.1, -0.05) is 11.3 Å². The van der Waals surface area contributed by atoms with E-state index in [1.807, 2.05) is 13.0 Å². The molecular weight excluding hydrogens is 344 g/mol. The van der Waals surface area contributed by atoms with Crippen LogP contribution in [0.2, 0.25) is 0 Å². The van der Waals surface area contributed by atoms with Gasteiger partial charge in [-0.3, -0.25) is 4.68 Å². The van der Waals surface area contributed by atoms with E-state index in [-0.39, 0.29) is 11.5 Å². The lowest BCUT2D eigenvalue weighted by Gasteiger charge is -2.10. The zero-order valence-electron chi connectivity index (χ0n) is 13.7. The van der Waals surface area contributed by atoms with Gasteiger partial charge in [-0.05, 0) is 30.2 Å². The van der Waals surface area contributed by atoms with Crippen LogP contribution in [-0.4, -0.2) is 34.1 Å². The molecule has 3 aromatic rings. The van der Waals surface area contributed by atoms with Crippen molar-refractivity contribution >= 4 is 9.84 Å². The summed E-state index contributed by atoms with van der Waals surface area (Å²) in [5, 5.41) is 7.43. The maximum absolute atomic E-state index is 12.3. The summed E-state index contributed by atoms with van der Waals surface area (Å²) in [4.78, 5) is 3.98. The maximum atomic E-state index is 12.3. The molecule has 0 fully saturated rings. The van der Waals surface area contributed by atoms with Crippen molar-refractivity contribution < 1.29 is 17.6 Å². The van der Waals surface area contributed by atoms with Crippen LogP contribution >= 0.6 is 0 Å². The van der Waals surface area contributed by atoms with Crippen molar-refractivity contribution in [2.75, 3.05) is 5.75 Å². The van der Waals surface area contributed by atoms with E-state index in [4.69, 9.17) is 9.15 Å². The molecule has 3 rings (SSSR count). The first-order chi connectivity index (χ1) is 12.0. The van der Waals surface area contributed by atoms with E-state index in [1.165, 1.54) is 23.5 Å². The Kier molecular flexibility index (Phi) is 5.13. The largest absolute Gasteiger partial charge is 0.487 e. The van der Waals surface area contributed by atoms with Gasteiger partial charge in [0.05, 0.1) is 24.2 Å².